The molecule has 0 aromatic rings. The Bertz CT molecular complexity index is 90.7. The first-order valence-electron chi connectivity index (χ1n) is 2.54. The summed E-state index contributed by atoms with van der Waals surface area (Å²) in [4.78, 5) is 0. The molecule has 0 aliphatic rings. The largest absolute Gasteiger partial charge is 0.209 e. The van der Waals surface area contributed by atoms with Crippen LogP contribution in [0.2, 0.25) is 0 Å². The molecule has 0 heterocycles. The van der Waals surface area contributed by atoms with Crippen molar-refractivity contribution < 1.29 is 8.78 Å². The molecule has 0 aliphatic carbocycles. The maximum Gasteiger partial charge on any atom is 0.132 e. The molecule has 0 bridgehead atoms. The van der Waals surface area contributed by atoms with Gasteiger partial charge in [-0.2, -0.15) is 0 Å². The van der Waals surface area contributed by atoms with Crippen LogP contribution in [0.1, 0.15) is 19.8 Å². The van der Waals surface area contributed by atoms with Crippen LogP contribution < -0.4 is 0 Å². The van der Waals surface area contributed by atoms with Gasteiger partial charge < -0.3 is 0 Å². The molecule has 0 amide bonds. The molecule has 0 aliphatic heterocycles. The summed E-state index contributed by atoms with van der Waals surface area (Å²) < 4.78 is 23.6. The van der Waals surface area contributed by atoms with Gasteiger partial charge in [0.15, 0.2) is 0 Å². The number of halogens is 2. The molecule has 47 valence electrons. The van der Waals surface area contributed by atoms with E-state index in [1.807, 2.05) is 0 Å². The quantitative estimate of drug-likeness (QED) is 0.524. The zero-order valence-electron chi connectivity index (χ0n) is 4.88. The van der Waals surface area contributed by atoms with Crippen molar-refractivity contribution in [3.05, 3.63) is 18.6 Å². The second kappa shape index (κ2) is 3.58. The second-order valence-electron chi connectivity index (χ2n) is 1.56. The summed E-state index contributed by atoms with van der Waals surface area (Å²) in [6.07, 6.45) is 0.782. The maximum atomic E-state index is 12.0. The standard InChI is InChI=1S/C6H9F2/c1-3-4-6(8)5(2)7/h2-4H2,1H3/b6-5+. The Morgan fingerprint density at radius 1 is 1.50 bits per heavy atom. The molecule has 0 aromatic heterocycles. The van der Waals surface area contributed by atoms with Crippen molar-refractivity contribution in [3.63, 3.8) is 0 Å². The molecule has 0 rings (SSSR count). The van der Waals surface area contributed by atoms with Crippen LogP contribution in [0.25, 0.3) is 0 Å². The van der Waals surface area contributed by atoms with E-state index in [2.05, 4.69) is 6.92 Å². The Kier molecular flexibility index (Phi) is 3.40. The fourth-order valence-corrected chi connectivity index (χ4v) is 0.355. The first-order chi connectivity index (χ1) is 3.68. The fourth-order valence-electron chi connectivity index (χ4n) is 0.355. The predicted molar refractivity (Wildman–Crippen MR) is 29.5 cm³/mol. The van der Waals surface area contributed by atoms with Gasteiger partial charge in [-0.1, -0.05) is 6.92 Å². The van der Waals surface area contributed by atoms with E-state index >= 15 is 0 Å². The van der Waals surface area contributed by atoms with Crippen molar-refractivity contribution in [2.24, 2.45) is 0 Å². The lowest BCUT2D eigenvalue weighted by Gasteiger charge is -1.90. The Morgan fingerprint density at radius 2 is 2.00 bits per heavy atom. The van der Waals surface area contributed by atoms with E-state index in [9.17, 15) is 8.78 Å². The molecule has 0 aromatic carbocycles. The minimum Gasteiger partial charge on any atom is -0.209 e. The van der Waals surface area contributed by atoms with Crippen LogP contribution in [0.15, 0.2) is 11.7 Å². The van der Waals surface area contributed by atoms with Gasteiger partial charge in [-0.15, -0.1) is 0 Å². The van der Waals surface area contributed by atoms with Crippen molar-refractivity contribution in [2.75, 3.05) is 0 Å². The van der Waals surface area contributed by atoms with Crippen molar-refractivity contribution in [1.29, 1.82) is 0 Å². The summed E-state index contributed by atoms with van der Waals surface area (Å²) in [5.74, 6) is -1.67. The number of hydrogen-bond acceptors (Lipinski definition) is 0. The number of rotatable bonds is 2. The first-order valence-corrected chi connectivity index (χ1v) is 2.54. The van der Waals surface area contributed by atoms with Gasteiger partial charge in [0.05, 0.1) is 0 Å². The van der Waals surface area contributed by atoms with Crippen molar-refractivity contribution in [1.82, 2.24) is 0 Å². The normalized spacial score (nSPS) is 13.5. The summed E-state index contributed by atoms with van der Waals surface area (Å²) in [5, 5.41) is 0. The van der Waals surface area contributed by atoms with Crippen LogP contribution in [0.5, 0.6) is 0 Å². The maximum absolute atomic E-state index is 12.0. The van der Waals surface area contributed by atoms with Gasteiger partial charge in [0.1, 0.15) is 11.7 Å². The summed E-state index contributed by atoms with van der Waals surface area (Å²) >= 11 is 0. The topological polar surface area (TPSA) is 0 Å². The lowest BCUT2D eigenvalue weighted by molar-refractivity contribution is 0.519. The molecule has 0 N–H and O–H groups in total. The van der Waals surface area contributed by atoms with Gasteiger partial charge in [-0.25, -0.2) is 8.78 Å². The number of allylic oxidation sites excluding steroid dienone is 2. The molecule has 0 fully saturated rings. The summed E-state index contributed by atoms with van der Waals surface area (Å²) in [7, 11) is 0. The Hall–Kier alpha value is -0.400. The first kappa shape index (κ1) is 7.60. The van der Waals surface area contributed by atoms with Gasteiger partial charge in [0.25, 0.3) is 0 Å². The highest BCUT2D eigenvalue weighted by Gasteiger charge is 1.96. The van der Waals surface area contributed by atoms with Crippen LogP contribution in [-0.4, -0.2) is 0 Å². The molecule has 0 spiro atoms. The van der Waals surface area contributed by atoms with Gasteiger partial charge in [0.2, 0.25) is 0 Å². The minimum absolute atomic E-state index is 0.162. The Labute approximate surface area is 48.2 Å². The van der Waals surface area contributed by atoms with Crippen molar-refractivity contribution in [3.8, 4) is 0 Å². The summed E-state index contributed by atoms with van der Waals surface area (Å²) in [6, 6.07) is 0. The second-order valence-corrected chi connectivity index (χ2v) is 1.56. The lowest BCUT2D eigenvalue weighted by Crippen LogP contribution is -1.74. The Balaban J connectivity index is 3.62. The molecule has 8 heavy (non-hydrogen) atoms. The third-order valence-electron chi connectivity index (χ3n) is 0.764. The molecule has 2 heteroatoms. The van der Waals surface area contributed by atoms with Crippen LogP contribution >= 0.6 is 0 Å². The van der Waals surface area contributed by atoms with Crippen LogP contribution in [0, 0.1) is 6.92 Å². The molecule has 0 atom stereocenters. The van der Waals surface area contributed by atoms with Crippen molar-refractivity contribution in [2.45, 2.75) is 19.8 Å². The molecule has 1 radical (unpaired) electrons. The molecule has 0 saturated heterocycles. The van der Waals surface area contributed by atoms with Gasteiger partial charge in [-0.05, 0) is 6.42 Å². The van der Waals surface area contributed by atoms with E-state index in [0.717, 1.165) is 0 Å². The van der Waals surface area contributed by atoms with E-state index in [0.29, 0.717) is 6.42 Å². The SMILES string of the molecule is [CH2]/C(F)=C(\F)CCC. The highest BCUT2D eigenvalue weighted by Crippen LogP contribution is 2.11. The molecule has 0 saturated carbocycles. The molecule has 0 nitrogen and oxygen atoms in total. The third-order valence-corrected chi connectivity index (χ3v) is 0.764. The monoisotopic (exact) mass is 119 g/mol. The average Bonchev–Trinajstić information content (AvgIpc) is 1.67. The third kappa shape index (κ3) is 2.72. The smallest absolute Gasteiger partial charge is 0.132 e. The zero-order chi connectivity index (χ0) is 6.57. The van der Waals surface area contributed by atoms with Gasteiger partial charge >= 0.3 is 0 Å². The van der Waals surface area contributed by atoms with Crippen molar-refractivity contribution >= 4 is 0 Å². The molecular weight excluding hydrogens is 110 g/mol. The van der Waals surface area contributed by atoms with E-state index in [-0.39, 0.29) is 6.42 Å². The lowest BCUT2D eigenvalue weighted by atomic mass is 10.3. The van der Waals surface area contributed by atoms with E-state index < -0.39 is 11.7 Å². The summed E-state index contributed by atoms with van der Waals surface area (Å²) in [6.45, 7) is 4.58. The minimum atomic E-state index is -0.938. The highest BCUT2D eigenvalue weighted by molar-refractivity contribution is 5.01. The van der Waals surface area contributed by atoms with E-state index in [4.69, 9.17) is 0 Å². The average molecular weight is 119 g/mol. The highest BCUT2D eigenvalue weighted by atomic mass is 19.2. The summed E-state index contributed by atoms with van der Waals surface area (Å²) in [5.41, 5.74) is 0. The Morgan fingerprint density at radius 3 is 2.12 bits per heavy atom. The van der Waals surface area contributed by atoms with Crippen LogP contribution in [0.3, 0.4) is 0 Å². The van der Waals surface area contributed by atoms with E-state index in [1.165, 1.54) is 0 Å². The van der Waals surface area contributed by atoms with E-state index in [1.54, 1.807) is 6.92 Å². The molecular formula is C6H9F2. The fraction of sp³-hybridized carbons (Fsp3) is 0.500. The number of hydrogen-bond donors (Lipinski definition) is 0. The van der Waals surface area contributed by atoms with Crippen LogP contribution in [-0.2, 0) is 0 Å². The van der Waals surface area contributed by atoms with Crippen LogP contribution in [0.4, 0.5) is 8.78 Å². The van der Waals surface area contributed by atoms with Gasteiger partial charge in [0, 0.05) is 13.3 Å². The predicted octanol–water partition coefficient (Wildman–Crippen LogP) is 2.77. The molecule has 0 unspecified atom stereocenters. The van der Waals surface area contributed by atoms with Gasteiger partial charge in [-0.3, -0.25) is 0 Å². The zero-order valence-corrected chi connectivity index (χ0v) is 4.88.